The molecule has 0 spiro atoms. The molecule has 1 aliphatic heterocycles. The van der Waals surface area contributed by atoms with Crippen molar-refractivity contribution in [3.8, 4) is 0 Å². The van der Waals surface area contributed by atoms with E-state index in [-0.39, 0.29) is 11.8 Å². The fourth-order valence-electron chi connectivity index (χ4n) is 3.30. The van der Waals surface area contributed by atoms with Crippen molar-refractivity contribution in [1.29, 1.82) is 0 Å². The Morgan fingerprint density at radius 2 is 1.90 bits per heavy atom. The van der Waals surface area contributed by atoms with Crippen molar-refractivity contribution >= 4 is 11.8 Å². The molecule has 2 amide bonds. The lowest BCUT2D eigenvalue weighted by molar-refractivity contribution is -0.133. The Morgan fingerprint density at radius 3 is 2.57 bits per heavy atom. The number of likely N-dealkylation sites (tertiary alicyclic amines) is 1. The fourth-order valence-corrected chi connectivity index (χ4v) is 3.30. The van der Waals surface area contributed by atoms with Gasteiger partial charge in [-0.2, -0.15) is 0 Å². The Hall–Kier alpha value is -1.10. The lowest BCUT2D eigenvalue weighted by Crippen LogP contribution is -2.39. The number of nitrogens with one attached hydrogen (secondary N) is 1. The number of carbonyl (C=O) groups is 2. The second-order valence-electron chi connectivity index (χ2n) is 6.46. The summed E-state index contributed by atoms with van der Waals surface area (Å²) in [4.78, 5) is 25.3. The monoisotopic (exact) mass is 296 g/mol. The third kappa shape index (κ3) is 5.30. The van der Waals surface area contributed by atoms with Crippen LogP contribution in [-0.2, 0) is 9.59 Å². The second kappa shape index (κ2) is 8.37. The molecule has 5 heteroatoms. The van der Waals surface area contributed by atoms with E-state index in [9.17, 15) is 9.59 Å². The molecule has 2 fully saturated rings. The molecule has 0 unspecified atom stereocenters. The smallest absolute Gasteiger partial charge is 0.222 e. The van der Waals surface area contributed by atoms with Crippen molar-refractivity contribution in [2.24, 2.45) is 11.8 Å². The summed E-state index contributed by atoms with van der Waals surface area (Å²) in [6.07, 6.45) is 7.41. The van der Waals surface area contributed by atoms with Crippen LogP contribution >= 0.6 is 0 Å². The zero-order valence-corrected chi connectivity index (χ0v) is 12.9. The van der Waals surface area contributed by atoms with Crippen molar-refractivity contribution in [3.63, 3.8) is 0 Å². The molecule has 1 saturated carbocycles. The van der Waals surface area contributed by atoms with Gasteiger partial charge in [0.25, 0.3) is 0 Å². The zero-order valence-electron chi connectivity index (χ0n) is 12.9. The van der Waals surface area contributed by atoms with Gasteiger partial charge in [-0.15, -0.1) is 0 Å². The molecule has 21 heavy (non-hydrogen) atoms. The van der Waals surface area contributed by atoms with Crippen LogP contribution in [0.15, 0.2) is 0 Å². The summed E-state index contributed by atoms with van der Waals surface area (Å²) in [5.74, 6) is 1.25. The quantitative estimate of drug-likeness (QED) is 0.776. The highest BCUT2D eigenvalue weighted by Crippen LogP contribution is 2.27. The average molecular weight is 296 g/mol. The van der Waals surface area contributed by atoms with Gasteiger partial charge >= 0.3 is 0 Å². The summed E-state index contributed by atoms with van der Waals surface area (Å²) in [5, 5.41) is 12.1. The van der Waals surface area contributed by atoms with Gasteiger partial charge in [-0.05, 0) is 50.4 Å². The number of hydrogen-bond donors (Lipinski definition) is 2. The molecule has 0 aromatic carbocycles. The topological polar surface area (TPSA) is 69.6 Å². The van der Waals surface area contributed by atoms with E-state index in [0.29, 0.717) is 37.8 Å². The number of amides is 2. The molecule has 120 valence electrons. The van der Waals surface area contributed by atoms with Crippen LogP contribution in [0.5, 0.6) is 0 Å². The lowest BCUT2D eigenvalue weighted by atomic mass is 9.82. The minimum atomic E-state index is 0.0534. The highest BCUT2D eigenvalue weighted by molar-refractivity contribution is 5.79. The van der Waals surface area contributed by atoms with Gasteiger partial charge in [0.05, 0.1) is 0 Å². The van der Waals surface area contributed by atoms with E-state index in [4.69, 9.17) is 5.11 Å². The molecule has 1 aliphatic carbocycles. The van der Waals surface area contributed by atoms with Gasteiger partial charge < -0.3 is 15.3 Å². The third-order valence-electron chi connectivity index (χ3n) is 4.84. The van der Waals surface area contributed by atoms with Crippen molar-refractivity contribution in [1.82, 2.24) is 10.2 Å². The fraction of sp³-hybridized carbons (Fsp3) is 0.875. The predicted molar refractivity (Wildman–Crippen MR) is 80.6 cm³/mol. The maximum Gasteiger partial charge on any atom is 0.222 e. The Morgan fingerprint density at radius 1 is 1.19 bits per heavy atom. The molecule has 2 aliphatic rings. The lowest BCUT2D eigenvalue weighted by Gasteiger charge is -2.28. The minimum absolute atomic E-state index is 0.0534. The first-order valence-corrected chi connectivity index (χ1v) is 8.34. The maximum absolute atomic E-state index is 11.9. The van der Waals surface area contributed by atoms with E-state index < -0.39 is 0 Å². The molecule has 0 aromatic heterocycles. The molecular formula is C16H28N2O3. The Labute approximate surface area is 127 Å². The van der Waals surface area contributed by atoms with Crippen molar-refractivity contribution < 1.29 is 14.7 Å². The average Bonchev–Trinajstić information content (AvgIpc) is 2.52. The van der Waals surface area contributed by atoms with Crippen molar-refractivity contribution in [2.45, 2.75) is 51.4 Å². The Balaban J connectivity index is 1.58. The second-order valence-corrected chi connectivity index (χ2v) is 6.46. The molecule has 0 radical (unpaired) electrons. The minimum Gasteiger partial charge on any atom is -0.396 e. The molecule has 0 aromatic rings. The molecule has 2 rings (SSSR count). The molecule has 0 atom stereocenters. The summed E-state index contributed by atoms with van der Waals surface area (Å²) in [6, 6.07) is 0. The van der Waals surface area contributed by atoms with Crippen molar-refractivity contribution in [3.05, 3.63) is 0 Å². The largest absolute Gasteiger partial charge is 0.396 e. The van der Waals surface area contributed by atoms with Crippen LogP contribution in [-0.4, -0.2) is 48.1 Å². The molecule has 2 N–H and O–H groups in total. The first-order chi connectivity index (χ1) is 10.2. The molecule has 0 bridgehead atoms. The number of aliphatic hydroxyl groups is 1. The van der Waals surface area contributed by atoms with Gasteiger partial charge in [-0.1, -0.05) is 0 Å². The van der Waals surface area contributed by atoms with Crippen LogP contribution in [0.4, 0.5) is 0 Å². The van der Waals surface area contributed by atoms with Gasteiger partial charge in [0.1, 0.15) is 0 Å². The zero-order chi connectivity index (χ0) is 15.1. The van der Waals surface area contributed by atoms with Gasteiger partial charge in [-0.25, -0.2) is 0 Å². The number of piperidine rings is 1. The van der Waals surface area contributed by atoms with Crippen LogP contribution in [0.2, 0.25) is 0 Å². The summed E-state index contributed by atoms with van der Waals surface area (Å²) in [7, 11) is 0. The SMILES string of the molecule is O=C(CCN1CCCCC1=O)NCC1CCC(CO)CC1. The number of aliphatic hydroxyl groups excluding tert-OH is 1. The Kier molecular flexibility index (Phi) is 6.49. The highest BCUT2D eigenvalue weighted by Gasteiger charge is 2.21. The molecular weight excluding hydrogens is 268 g/mol. The summed E-state index contributed by atoms with van der Waals surface area (Å²) in [5.41, 5.74) is 0. The van der Waals surface area contributed by atoms with Gasteiger partial charge in [0, 0.05) is 39.1 Å². The van der Waals surface area contributed by atoms with E-state index in [1.165, 1.54) is 0 Å². The summed E-state index contributed by atoms with van der Waals surface area (Å²) >= 11 is 0. The van der Waals surface area contributed by atoms with E-state index in [1.54, 1.807) is 0 Å². The maximum atomic E-state index is 11.9. The predicted octanol–water partition coefficient (Wildman–Crippen LogP) is 1.30. The van der Waals surface area contributed by atoms with E-state index in [1.807, 2.05) is 4.90 Å². The number of nitrogens with zero attached hydrogens (tertiary/aromatic N) is 1. The molecule has 5 nitrogen and oxygen atoms in total. The van der Waals surface area contributed by atoms with Gasteiger partial charge in [-0.3, -0.25) is 9.59 Å². The van der Waals surface area contributed by atoms with Crippen molar-refractivity contribution in [2.75, 3.05) is 26.2 Å². The Bertz CT molecular complexity index is 351. The first kappa shape index (κ1) is 16.3. The molecule has 1 heterocycles. The molecule has 1 saturated heterocycles. The van der Waals surface area contributed by atoms with E-state index in [0.717, 1.165) is 51.6 Å². The van der Waals surface area contributed by atoms with E-state index in [2.05, 4.69) is 5.32 Å². The number of carbonyl (C=O) groups excluding carboxylic acids is 2. The van der Waals surface area contributed by atoms with Crippen LogP contribution in [0.25, 0.3) is 0 Å². The van der Waals surface area contributed by atoms with Crippen LogP contribution in [0.3, 0.4) is 0 Å². The van der Waals surface area contributed by atoms with E-state index >= 15 is 0 Å². The van der Waals surface area contributed by atoms with Crippen LogP contribution in [0, 0.1) is 11.8 Å². The van der Waals surface area contributed by atoms with Gasteiger partial charge in [0.2, 0.25) is 11.8 Å². The normalized spacial score (nSPS) is 26.7. The number of rotatable bonds is 6. The highest BCUT2D eigenvalue weighted by atomic mass is 16.3. The third-order valence-corrected chi connectivity index (χ3v) is 4.84. The summed E-state index contributed by atoms with van der Waals surface area (Å²) < 4.78 is 0. The standard InChI is InChI=1S/C16H28N2O3/c19-12-14-6-4-13(5-7-14)11-17-15(20)8-10-18-9-2-1-3-16(18)21/h13-14,19H,1-12H2,(H,17,20). The van der Waals surface area contributed by atoms with Crippen LogP contribution < -0.4 is 5.32 Å². The van der Waals surface area contributed by atoms with Gasteiger partial charge in [0.15, 0.2) is 0 Å². The first-order valence-electron chi connectivity index (χ1n) is 8.34. The number of hydrogen-bond acceptors (Lipinski definition) is 3. The van der Waals surface area contributed by atoms with Crippen LogP contribution in [0.1, 0.15) is 51.4 Å². The summed E-state index contributed by atoms with van der Waals surface area (Å²) in [6.45, 7) is 2.40.